The molecule has 2 atom stereocenters. The van der Waals surface area contributed by atoms with E-state index < -0.39 is 5.97 Å². The van der Waals surface area contributed by atoms with Gasteiger partial charge in [-0.1, -0.05) is 26.7 Å². The van der Waals surface area contributed by atoms with E-state index in [1.165, 1.54) is 25.7 Å². The van der Waals surface area contributed by atoms with Crippen LogP contribution in [0.3, 0.4) is 0 Å². The van der Waals surface area contributed by atoms with E-state index in [-0.39, 0.29) is 17.1 Å². The second-order valence-corrected chi connectivity index (χ2v) is 7.96. The van der Waals surface area contributed by atoms with Crippen molar-refractivity contribution in [2.45, 2.75) is 82.9 Å². The molecule has 3 rings (SSSR count). The van der Waals surface area contributed by atoms with Gasteiger partial charge in [-0.3, -0.25) is 9.69 Å². The van der Waals surface area contributed by atoms with Crippen LogP contribution in [0.4, 0.5) is 0 Å². The van der Waals surface area contributed by atoms with Crippen molar-refractivity contribution in [3.05, 3.63) is 0 Å². The Kier molecular flexibility index (Phi) is 4.04. The summed E-state index contributed by atoms with van der Waals surface area (Å²) in [5, 5.41) is 9.76. The Morgan fingerprint density at radius 1 is 1.19 bits per heavy atom. The largest absolute Gasteiger partial charge is 0.480 e. The Morgan fingerprint density at radius 3 is 2.57 bits per heavy atom. The highest BCUT2D eigenvalue weighted by Crippen LogP contribution is 2.44. The van der Waals surface area contributed by atoms with Crippen LogP contribution < -0.4 is 0 Å². The van der Waals surface area contributed by atoms with Crippen molar-refractivity contribution in [1.29, 1.82) is 0 Å². The number of rotatable bonds is 2. The van der Waals surface area contributed by atoms with E-state index in [0.29, 0.717) is 6.04 Å². The summed E-state index contributed by atoms with van der Waals surface area (Å²) >= 11 is 0. The molecule has 0 bridgehead atoms. The molecule has 2 aliphatic heterocycles. The zero-order valence-electron chi connectivity index (χ0n) is 13.4. The number of aliphatic carboxylic acids is 1. The van der Waals surface area contributed by atoms with Gasteiger partial charge in [-0.15, -0.1) is 0 Å². The summed E-state index contributed by atoms with van der Waals surface area (Å²) in [5.74, 6) is -0.647. The smallest absolute Gasteiger partial charge is 0.321 e. The van der Waals surface area contributed by atoms with Crippen LogP contribution in [0.15, 0.2) is 0 Å². The summed E-state index contributed by atoms with van der Waals surface area (Å²) in [6, 6.07) is 0.0466. The summed E-state index contributed by atoms with van der Waals surface area (Å²) in [5.41, 5.74) is -0.0706. The zero-order valence-corrected chi connectivity index (χ0v) is 13.4. The Labute approximate surface area is 127 Å². The van der Waals surface area contributed by atoms with Gasteiger partial charge in [0.2, 0.25) is 0 Å². The molecule has 21 heavy (non-hydrogen) atoms. The van der Waals surface area contributed by atoms with Gasteiger partial charge in [-0.05, 0) is 50.5 Å². The first-order valence-electron chi connectivity index (χ1n) is 8.56. The lowest BCUT2D eigenvalue weighted by Gasteiger charge is -2.51. The van der Waals surface area contributed by atoms with Crippen molar-refractivity contribution in [1.82, 2.24) is 4.90 Å². The Bertz CT molecular complexity index is 401. The van der Waals surface area contributed by atoms with Gasteiger partial charge >= 0.3 is 5.97 Å². The summed E-state index contributed by atoms with van der Waals surface area (Å²) in [6.07, 6.45) is 9.00. The second kappa shape index (κ2) is 5.54. The Hall–Kier alpha value is -0.610. The van der Waals surface area contributed by atoms with Crippen molar-refractivity contribution in [2.24, 2.45) is 5.41 Å². The molecule has 1 spiro atoms. The molecular formula is C17H29NO3. The van der Waals surface area contributed by atoms with Crippen LogP contribution in [-0.4, -0.2) is 46.8 Å². The maximum absolute atomic E-state index is 11.9. The van der Waals surface area contributed by atoms with Gasteiger partial charge in [0, 0.05) is 12.6 Å². The van der Waals surface area contributed by atoms with Gasteiger partial charge in [-0.25, -0.2) is 0 Å². The molecule has 120 valence electrons. The quantitative estimate of drug-likeness (QED) is 0.850. The fourth-order valence-electron chi connectivity index (χ4n) is 4.95. The fraction of sp³-hybridized carbons (Fsp3) is 0.941. The van der Waals surface area contributed by atoms with E-state index in [9.17, 15) is 9.90 Å². The number of hydrogen-bond donors (Lipinski definition) is 1. The summed E-state index contributed by atoms with van der Waals surface area (Å²) < 4.78 is 6.12. The molecule has 0 aromatic rings. The number of carbonyl (C=O) groups is 1. The van der Waals surface area contributed by atoms with Crippen LogP contribution in [-0.2, 0) is 9.53 Å². The molecule has 2 unspecified atom stereocenters. The van der Waals surface area contributed by atoms with E-state index >= 15 is 0 Å². The molecule has 0 amide bonds. The molecule has 0 aromatic heterocycles. The lowest BCUT2D eigenvalue weighted by molar-refractivity contribution is -0.160. The average Bonchev–Trinajstić information content (AvgIpc) is 2.85. The van der Waals surface area contributed by atoms with Gasteiger partial charge in [-0.2, -0.15) is 0 Å². The van der Waals surface area contributed by atoms with Crippen molar-refractivity contribution < 1.29 is 14.6 Å². The first kappa shape index (κ1) is 15.3. The number of ether oxygens (including phenoxy) is 1. The standard InChI is InChI=1S/C17H29NO3/c1-16(2)7-5-10-18(14(16)15(19)20)13-6-11-21-17(12-13)8-3-4-9-17/h13-14H,3-12H2,1-2H3,(H,19,20). The molecule has 2 saturated heterocycles. The van der Waals surface area contributed by atoms with Gasteiger partial charge in [0.1, 0.15) is 6.04 Å². The third kappa shape index (κ3) is 2.85. The molecule has 4 nitrogen and oxygen atoms in total. The highest BCUT2D eigenvalue weighted by Gasteiger charge is 2.48. The predicted octanol–water partition coefficient (Wildman–Crippen LogP) is 3.05. The van der Waals surface area contributed by atoms with Crippen LogP contribution in [0.5, 0.6) is 0 Å². The number of carboxylic acids is 1. The molecule has 1 aliphatic carbocycles. The fourth-order valence-corrected chi connectivity index (χ4v) is 4.95. The Balaban J connectivity index is 1.79. The van der Waals surface area contributed by atoms with E-state index in [4.69, 9.17) is 4.74 Å². The van der Waals surface area contributed by atoms with Gasteiger partial charge in [0.05, 0.1) is 5.60 Å². The predicted molar refractivity (Wildman–Crippen MR) is 81.3 cm³/mol. The SMILES string of the molecule is CC1(C)CCCN(C2CCOC3(CCCC3)C2)C1C(=O)O. The van der Waals surface area contributed by atoms with Crippen LogP contribution in [0.2, 0.25) is 0 Å². The topological polar surface area (TPSA) is 49.8 Å². The van der Waals surface area contributed by atoms with Crippen LogP contribution in [0.25, 0.3) is 0 Å². The summed E-state index contributed by atoms with van der Waals surface area (Å²) in [4.78, 5) is 14.2. The number of nitrogens with zero attached hydrogens (tertiary/aromatic N) is 1. The lowest BCUT2D eigenvalue weighted by Crippen LogP contribution is -2.60. The van der Waals surface area contributed by atoms with E-state index in [1.54, 1.807) is 0 Å². The minimum Gasteiger partial charge on any atom is -0.480 e. The molecule has 1 N–H and O–H groups in total. The normalized spacial score (nSPS) is 35.9. The molecule has 0 aromatic carbocycles. The van der Waals surface area contributed by atoms with Crippen molar-refractivity contribution in [2.75, 3.05) is 13.2 Å². The number of piperidine rings is 1. The minimum atomic E-state index is -0.647. The molecule has 2 heterocycles. The third-order valence-corrected chi connectivity index (χ3v) is 5.99. The first-order chi connectivity index (χ1) is 9.94. The van der Waals surface area contributed by atoms with E-state index in [1.807, 2.05) is 0 Å². The van der Waals surface area contributed by atoms with Crippen LogP contribution >= 0.6 is 0 Å². The molecule has 0 radical (unpaired) electrons. The Morgan fingerprint density at radius 2 is 1.90 bits per heavy atom. The van der Waals surface area contributed by atoms with Gasteiger partial charge in [0.25, 0.3) is 0 Å². The maximum Gasteiger partial charge on any atom is 0.321 e. The average molecular weight is 295 g/mol. The molecule has 4 heteroatoms. The summed E-state index contributed by atoms with van der Waals surface area (Å²) in [6.45, 7) is 5.96. The monoisotopic (exact) mass is 295 g/mol. The second-order valence-electron chi connectivity index (χ2n) is 7.96. The van der Waals surface area contributed by atoms with Gasteiger partial charge in [0.15, 0.2) is 0 Å². The number of hydrogen-bond acceptors (Lipinski definition) is 3. The number of carboxylic acid groups (broad SMARTS) is 1. The number of likely N-dealkylation sites (tertiary alicyclic amines) is 1. The van der Waals surface area contributed by atoms with Crippen molar-refractivity contribution >= 4 is 5.97 Å². The van der Waals surface area contributed by atoms with E-state index in [0.717, 1.165) is 38.8 Å². The molecule has 3 aliphatic rings. The van der Waals surface area contributed by atoms with Crippen LogP contribution in [0, 0.1) is 5.41 Å². The summed E-state index contributed by atoms with van der Waals surface area (Å²) in [7, 11) is 0. The van der Waals surface area contributed by atoms with Crippen molar-refractivity contribution in [3.63, 3.8) is 0 Å². The highest BCUT2D eigenvalue weighted by atomic mass is 16.5. The first-order valence-corrected chi connectivity index (χ1v) is 8.56. The van der Waals surface area contributed by atoms with Gasteiger partial charge < -0.3 is 9.84 Å². The maximum atomic E-state index is 11.9. The van der Waals surface area contributed by atoms with E-state index in [2.05, 4.69) is 18.7 Å². The molecule has 1 saturated carbocycles. The lowest BCUT2D eigenvalue weighted by atomic mass is 9.74. The highest BCUT2D eigenvalue weighted by molar-refractivity contribution is 5.74. The molecular weight excluding hydrogens is 266 g/mol. The minimum absolute atomic E-state index is 0.0631. The van der Waals surface area contributed by atoms with Crippen molar-refractivity contribution in [3.8, 4) is 0 Å². The third-order valence-electron chi connectivity index (χ3n) is 5.99. The zero-order chi connectivity index (χ0) is 15.1. The van der Waals surface area contributed by atoms with Crippen LogP contribution in [0.1, 0.15) is 65.2 Å². The molecule has 3 fully saturated rings.